The number of halogens is 5. The fourth-order valence-electron chi connectivity index (χ4n) is 0.571. The molecule has 0 saturated heterocycles. The van der Waals surface area contributed by atoms with E-state index in [9.17, 15) is 21.7 Å². The number of nitrogens with zero attached hydrogens (tertiary/aromatic N) is 2. The van der Waals surface area contributed by atoms with Crippen LogP contribution in [0.15, 0.2) is 6.20 Å². The largest absolute Gasteiger partial charge is 0.673 e. The molecule has 0 fully saturated rings. The summed E-state index contributed by atoms with van der Waals surface area (Å²) in [5, 5.41) is 3.75. The first-order chi connectivity index (χ1) is 5.70. The quantitative estimate of drug-likeness (QED) is 0.464. The molecule has 1 rings (SSSR count). The molecule has 0 bridgehead atoms. The van der Waals surface area contributed by atoms with Crippen LogP contribution in [0.5, 0.6) is 0 Å². The first kappa shape index (κ1) is 11.9. The van der Waals surface area contributed by atoms with Gasteiger partial charge in [0.25, 0.3) is 0 Å². The van der Waals surface area contributed by atoms with Gasteiger partial charge in [0, 0.05) is 7.05 Å². The maximum atomic E-state index is 12.3. The fraction of sp³-hybridized carbons (Fsp3) is 0.400. The van der Waals surface area contributed by atoms with Gasteiger partial charge in [0.2, 0.25) is 0 Å². The lowest BCUT2D eigenvalue weighted by Gasteiger charge is -1.94. The summed E-state index contributed by atoms with van der Waals surface area (Å²) in [4.78, 5) is 0. The molecule has 1 aromatic rings. The molecule has 0 N–H and O–H groups in total. The Hall–Kier alpha value is -1.08. The topological polar surface area (TPSA) is 17.8 Å². The molecule has 0 spiro atoms. The zero-order chi connectivity index (χ0) is 10.6. The van der Waals surface area contributed by atoms with Gasteiger partial charge >= 0.3 is 7.25 Å². The van der Waals surface area contributed by atoms with E-state index in [0.717, 1.165) is 0 Å². The van der Waals surface area contributed by atoms with Crippen LogP contribution in [0.25, 0.3) is 0 Å². The Morgan fingerprint density at radius 3 is 1.77 bits per heavy atom. The third kappa shape index (κ3) is 7.29. The normalized spacial score (nSPS) is 10.7. The van der Waals surface area contributed by atoms with Gasteiger partial charge in [-0.15, -0.1) is 0 Å². The molecule has 0 aliphatic carbocycles. The summed E-state index contributed by atoms with van der Waals surface area (Å²) in [5.41, 5.74) is 0.451. The minimum Gasteiger partial charge on any atom is -0.418 e. The Bertz CT molecular complexity index is 243. The Morgan fingerprint density at radius 2 is 1.69 bits per heavy atom. The van der Waals surface area contributed by atoms with E-state index < -0.39 is 7.25 Å². The van der Waals surface area contributed by atoms with Crippen LogP contribution in [-0.2, 0) is 7.05 Å². The predicted octanol–water partition coefficient (Wildman–Crippen LogP) is 2.17. The van der Waals surface area contributed by atoms with Gasteiger partial charge in [-0.05, 0) is 6.92 Å². The van der Waals surface area contributed by atoms with Crippen molar-refractivity contribution in [2.24, 2.45) is 7.05 Å². The van der Waals surface area contributed by atoms with Gasteiger partial charge in [0.15, 0.2) is 5.82 Å². The van der Waals surface area contributed by atoms with E-state index in [1.807, 2.05) is 0 Å². The second-order valence-electron chi connectivity index (χ2n) is 2.23. The summed E-state index contributed by atoms with van der Waals surface area (Å²) < 4.78 is 52.7. The zero-order valence-electron chi connectivity index (χ0n) is 6.94. The SMILES string of the molecule is Cc1nn(C)cc1F.F[B-](F)(F)F. The Labute approximate surface area is 71.5 Å². The highest BCUT2D eigenvalue weighted by Gasteiger charge is 2.20. The van der Waals surface area contributed by atoms with Crippen molar-refractivity contribution in [1.29, 1.82) is 0 Å². The van der Waals surface area contributed by atoms with Gasteiger partial charge in [0.1, 0.15) is 0 Å². The minimum absolute atomic E-state index is 0.243. The van der Waals surface area contributed by atoms with Crippen molar-refractivity contribution in [3.63, 3.8) is 0 Å². The van der Waals surface area contributed by atoms with Crippen molar-refractivity contribution in [2.45, 2.75) is 6.92 Å². The maximum Gasteiger partial charge on any atom is 0.673 e. The molecular weight excluding hydrogens is 194 g/mol. The highest BCUT2D eigenvalue weighted by Crippen LogP contribution is 2.06. The molecule has 0 aliphatic rings. The van der Waals surface area contributed by atoms with Gasteiger partial charge in [-0.3, -0.25) is 4.68 Å². The van der Waals surface area contributed by atoms with E-state index >= 15 is 0 Å². The molecule has 76 valence electrons. The second kappa shape index (κ2) is 4.24. The van der Waals surface area contributed by atoms with Gasteiger partial charge in [0.05, 0.1) is 11.9 Å². The van der Waals surface area contributed by atoms with Crippen LogP contribution in [0.1, 0.15) is 5.69 Å². The van der Waals surface area contributed by atoms with Crippen LogP contribution in [0, 0.1) is 12.7 Å². The predicted molar refractivity (Wildman–Crippen MR) is 38.1 cm³/mol. The molecule has 0 amide bonds. The lowest BCUT2D eigenvalue weighted by molar-refractivity contribution is 0.368. The molecule has 13 heavy (non-hydrogen) atoms. The number of hydrogen-bond acceptors (Lipinski definition) is 1. The fourth-order valence-corrected chi connectivity index (χ4v) is 0.571. The van der Waals surface area contributed by atoms with Crippen molar-refractivity contribution in [2.75, 3.05) is 0 Å². The molecule has 0 aliphatic heterocycles. The maximum absolute atomic E-state index is 12.3. The molecule has 0 unspecified atom stereocenters. The van der Waals surface area contributed by atoms with Crippen LogP contribution in [0.3, 0.4) is 0 Å². The molecule has 1 aromatic heterocycles. The van der Waals surface area contributed by atoms with Crippen molar-refractivity contribution in [3.8, 4) is 0 Å². The Morgan fingerprint density at radius 1 is 1.31 bits per heavy atom. The van der Waals surface area contributed by atoms with Crippen LogP contribution < -0.4 is 0 Å². The zero-order valence-corrected chi connectivity index (χ0v) is 6.94. The van der Waals surface area contributed by atoms with Crippen LogP contribution in [-0.4, -0.2) is 17.0 Å². The van der Waals surface area contributed by atoms with Crippen LogP contribution in [0.4, 0.5) is 21.7 Å². The summed E-state index contributed by atoms with van der Waals surface area (Å²) in [6.45, 7) is 1.63. The van der Waals surface area contributed by atoms with Gasteiger partial charge in [-0.2, -0.15) is 5.10 Å². The molecule has 0 saturated carbocycles. The minimum atomic E-state index is -6.00. The monoisotopic (exact) mass is 201 g/mol. The van der Waals surface area contributed by atoms with Crippen molar-refractivity contribution in [3.05, 3.63) is 17.7 Å². The average molecular weight is 201 g/mol. The number of rotatable bonds is 0. The Kier molecular flexibility index (Phi) is 3.89. The molecular formula is C5H7BF5N2-. The number of aromatic nitrogens is 2. The summed E-state index contributed by atoms with van der Waals surface area (Å²) in [5.74, 6) is -0.243. The molecule has 1 heterocycles. The second-order valence-corrected chi connectivity index (χ2v) is 2.23. The molecule has 0 aromatic carbocycles. The van der Waals surface area contributed by atoms with E-state index in [4.69, 9.17) is 0 Å². The van der Waals surface area contributed by atoms with E-state index in [0.29, 0.717) is 5.69 Å². The lowest BCUT2D eigenvalue weighted by Crippen LogP contribution is -2.02. The summed E-state index contributed by atoms with van der Waals surface area (Å²) in [7, 11) is -4.31. The summed E-state index contributed by atoms with van der Waals surface area (Å²) >= 11 is 0. The Balaban J connectivity index is 0.000000252. The molecule has 0 atom stereocenters. The van der Waals surface area contributed by atoms with Crippen LogP contribution in [0.2, 0.25) is 0 Å². The van der Waals surface area contributed by atoms with Crippen LogP contribution >= 0.6 is 0 Å². The van der Waals surface area contributed by atoms with E-state index in [1.165, 1.54) is 10.9 Å². The first-order valence-corrected chi connectivity index (χ1v) is 3.23. The van der Waals surface area contributed by atoms with E-state index in [2.05, 4.69) is 5.10 Å². The van der Waals surface area contributed by atoms with Crippen molar-refractivity contribution >= 4 is 7.25 Å². The smallest absolute Gasteiger partial charge is 0.418 e. The molecule has 2 nitrogen and oxygen atoms in total. The van der Waals surface area contributed by atoms with Gasteiger partial charge < -0.3 is 17.3 Å². The molecule has 8 heteroatoms. The van der Waals surface area contributed by atoms with Gasteiger partial charge in [-0.1, -0.05) is 0 Å². The van der Waals surface area contributed by atoms with Crippen molar-refractivity contribution < 1.29 is 21.7 Å². The average Bonchev–Trinajstić information content (AvgIpc) is 2.05. The highest BCUT2D eigenvalue weighted by molar-refractivity contribution is 6.50. The summed E-state index contributed by atoms with van der Waals surface area (Å²) in [6, 6.07) is 0. The van der Waals surface area contributed by atoms with Gasteiger partial charge in [-0.25, -0.2) is 4.39 Å². The first-order valence-electron chi connectivity index (χ1n) is 3.23. The number of hydrogen-bond donors (Lipinski definition) is 0. The van der Waals surface area contributed by atoms with E-state index in [1.54, 1.807) is 14.0 Å². The third-order valence-corrected chi connectivity index (χ3v) is 0.954. The third-order valence-electron chi connectivity index (χ3n) is 0.954. The summed E-state index contributed by atoms with van der Waals surface area (Å²) in [6.07, 6.45) is 1.34. The number of aryl methyl sites for hydroxylation is 2. The van der Waals surface area contributed by atoms with E-state index in [-0.39, 0.29) is 5.82 Å². The highest BCUT2D eigenvalue weighted by atomic mass is 19.5. The standard InChI is InChI=1S/C5H7FN2.BF4/c1-4-5(6)3-8(2)7-4;2-1(3,4)5/h3H,1-2H3;/q;-1. The molecule has 0 radical (unpaired) electrons. The van der Waals surface area contributed by atoms with Crippen molar-refractivity contribution in [1.82, 2.24) is 9.78 Å². The lowest BCUT2D eigenvalue weighted by atomic mass is 10.3.